The standard InChI is InChI=1S/C6H4BNO2.2H2O/c7-5-2-1-3-6(4-5)8(9)10;;/h1-4H;2*1H2/q+2;;/p-2. The normalized spacial score (nSPS) is 7.83. The van der Waals surface area contributed by atoms with Crippen LogP contribution in [0.3, 0.4) is 0 Å². The van der Waals surface area contributed by atoms with E-state index in [0.29, 0.717) is 5.46 Å². The van der Waals surface area contributed by atoms with Crippen LogP contribution in [0.25, 0.3) is 0 Å². The van der Waals surface area contributed by atoms with Gasteiger partial charge in [0.2, 0.25) is 0 Å². The molecule has 0 saturated heterocycles. The molecule has 1 aromatic carbocycles. The van der Waals surface area contributed by atoms with Gasteiger partial charge in [-0.1, -0.05) is 0 Å². The first kappa shape index (κ1) is 13.2. The molecule has 0 fully saturated rings. The molecular formula is C6H6BNO4. The van der Waals surface area contributed by atoms with Crippen molar-refractivity contribution in [3.05, 3.63) is 34.4 Å². The smallest absolute Gasteiger partial charge is 0.870 e. The molecule has 0 aromatic heterocycles. The van der Waals surface area contributed by atoms with Gasteiger partial charge < -0.3 is 11.0 Å². The second-order valence-corrected chi connectivity index (χ2v) is 1.85. The molecule has 1 aromatic rings. The van der Waals surface area contributed by atoms with E-state index in [1.165, 1.54) is 12.1 Å². The zero-order valence-electron chi connectivity index (χ0n) is 6.04. The van der Waals surface area contributed by atoms with Crippen LogP contribution in [0.15, 0.2) is 24.3 Å². The van der Waals surface area contributed by atoms with E-state index in [4.69, 9.17) is 7.85 Å². The molecule has 0 atom stereocenters. The minimum atomic E-state index is -0.476. The van der Waals surface area contributed by atoms with E-state index < -0.39 is 4.92 Å². The summed E-state index contributed by atoms with van der Waals surface area (Å²) in [6, 6.07) is 5.87. The van der Waals surface area contributed by atoms with E-state index in [-0.39, 0.29) is 16.6 Å². The average Bonchev–Trinajstić information content (AvgIpc) is 1.88. The van der Waals surface area contributed by atoms with Crippen LogP contribution < -0.4 is 5.46 Å². The molecule has 62 valence electrons. The number of rotatable bonds is 1. The number of non-ortho nitro benzene ring substituents is 1. The topological polar surface area (TPSA) is 103 Å². The molecule has 5 nitrogen and oxygen atoms in total. The van der Waals surface area contributed by atoms with Gasteiger partial charge in [-0.25, -0.2) is 0 Å². The first-order valence-electron chi connectivity index (χ1n) is 2.70. The summed E-state index contributed by atoms with van der Waals surface area (Å²) >= 11 is 0. The summed E-state index contributed by atoms with van der Waals surface area (Å²) in [6.07, 6.45) is 0. The summed E-state index contributed by atoms with van der Waals surface area (Å²) < 4.78 is 0. The molecule has 0 aliphatic heterocycles. The van der Waals surface area contributed by atoms with Crippen LogP contribution in [-0.2, 0) is 0 Å². The molecular weight excluding hydrogens is 161 g/mol. The maximum absolute atomic E-state index is 10.1. The molecule has 12 heavy (non-hydrogen) atoms. The van der Waals surface area contributed by atoms with Gasteiger partial charge in [0, 0.05) is 0 Å². The third-order valence-electron chi connectivity index (χ3n) is 1.08. The summed E-state index contributed by atoms with van der Waals surface area (Å²) in [5.41, 5.74) is 0.439. The molecule has 0 aliphatic carbocycles. The van der Waals surface area contributed by atoms with Crippen molar-refractivity contribution in [1.82, 2.24) is 0 Å². The second kappa shape index (κ2) is 5.28. The summed E-state index contributed by atoms with van der Waals surface area (Å²) in [6.45, 7) is 0. The largest absolute Gasteiger partial charge is 0.870 e. The summed E-state index contributed by atoms with van der Waals surface area (Å²) in [4.78, 5) is 9.63. The van der Waals surface area contributed by atoms with Crippen molar-refractivity contribution in [2.24, 2.45) is 0 Å². The van der Waals surface area contributed by atoms with E-state index in [9.17, 15) is 10.1 Å². The van der Waals surface area contributed by atoms with Crippen molar-refractivity contribution in [3.63, 3.8) is 0 Å². The molecule has 0 saturated carbocycles. The van der Waals surface area contributed by atoms with Crippen molar-refractivity contribution in [2.75, 3.05) is 0 Å². The van der Waals surface area contributed by atoms with Crippen LogP contribution in [0, 0.1) is 10.1 Å². The number of nitro groups is 1. The summed E-state index contributed by atoms with van der Waals surface area (Å²) in [5.74, 6) is 0. The molecule has 0 aliphatic rings. The van der Waals surface area contributed by atoms with Gasteiger partial charge in [-0.15, -0.1) is 0 Å². The van der Waals surface area contributed by atoms with Crippen molar-refractivity contribution in [2.45, 2.75) is 0 Å². The third-order valence-corrected chi connectivity index (χ3v) is 1.08. The van der Waals surface area contributed by atoms with Gasteiger partial charge in [-0.05, 0) is 0 Å². The average molecular weight is 167 g/mol. The maximum atomic E-state index is 10.1. The Bertz CT molecular complexity index is 265. The minimum absolute atomic E-state index is 0. The van der Waals surface area contributed by atoms with Crippen LogP contribution >= 0.6 is 0 Å². The molecule has 0 radical (unpaired) electrons. The fraction of sp³-hybridized carbons (Fsp3) is 0. The first-order chi connectivity index (χ1) is 4.70. The predicted octanol–water partition coefficient (Wildman–Crippen LogP) is 0.0350. The van der Waals surface area contributed by atoms with Crippen molar-refractivity contribution < 1.29 is 15.9 Å². The number of hydrogen-bond donors (Lipinski definition) is 0. The van der Waals surface area contributed by atoms with Crippen LogP contribution in [-0.4, -0.2) is 23.7 Å². The number of nitro benzene ring substituents is 1. The molecule has 6 heteroatoms. The van der Waals surface area contributed by atoms with E-state index in [1.807, 2.05) is 0 Å². The zero-order chi connectivity index (χ0) is 7.56. The summed E-state index contributed by atoms with van der Waals surface area (Å²) in [5, 5.41) is 10.1. The Kier molecular flexibility index (Phi) is 5.81. The van der Waals surface area contributed by atoms with Crippen LogP contribution in [0.5, 0.6) is 0 Å². The Morgan fingerprint density at radius 2 is 1.92 bits per heavy atom. The second-order valence-electron chi connectivity index (χ2n) is 1.85. The number of benzene rings is 1. The van der Waals surface area contributed by atoms with Gasteiger partial charge in [-0.2, -0.15) is 0 Å². The first-order valence-corrected chi connectivity index (χ1v) is 2.70. The number of hydrogen-bond acceptors (Lipinski definition) is 4. The zero-order valence-corrected chi connectivity index (χ0v) is 6.04. The monoisotopic (exact) mass is 167 g/mol. The SMILES string of the molecule is [B+2]c1cccc([N+](=O)[O-])c1.[OH-].[OH-]. The van der Waals surface area contributed by atoms with E-state index in [0.717, 1.165) is 0 Å². The van der Waals surface area contributed by atoms with E-state index in [2.05, 4.69) is 0 Å². The predicted molar refractivity (Wildman–Crippen MR) is 42.4 cm³/mol. The molecule has 1 rings (SSSR count). The Morgan fingerprint density at radius 1 is 1.33 bits per heavy atom. The molecule has 0 unspecified atom stereocenters. The Morgan fingerprint density at radius 3 is 2.25 bits per heavy atom. The maximum Gasteiger partial charge on any atom is -0.870 e. The third kappa shape index (κ3) is 3.13. The van der Waals surface area contributed by atoms with Gasteiger partial charge in [0.1, 0.15) is 0 Å². The van der Waals surface area contributed by atoms with Crippen LogP contribution in [0.2, 0.25) is 0 Å². The minimum Gasteiger partial charge on any atom is -0.870 e. The van der Waals surface area contributed by atoms with Gasteiger partial charge >= 0.3 is 58.3 Å². The summed E-state index contributed by atoms with van der Waals surface area (Å²) in [7, 11) is 5.29. The van der Waals surface area contributed by atoms with E-state index in [1.54, 1.807) is 12.1 Å². The Labute approximate surface area is 70.2 Å². The van der Waals surface area contributed by atoms with Gasteiger partial charge in [0.05, 0.1) is 0 Å². The molecule has 0 bridgehead atoms. The molecule has 0 amide bonds. The van der Waals surface area contributed by atoms with Gasteiger partial charge in [0.25, 0.3) is 0 Å². The Balaban J connectivity index is 0. The van der Waals surface area contributed by atoms with Crippen molar-refractivity contribution in [3.8, 4) is 0 Å². The van der Waals surface area contributed by atoms with Gasteiger partial charge in [0.15, 0.2) is 0 Å². The fourth-order valence-electron chi connectivity index (χ4n) is 0.638. The fourth-order valence-corrected chi connectivity index (χ4v) is 0.638. The quantitative estimate of drug-likeness (QED) is 0.334. The Hall–Kier alpha value is -1.40. The van der Waals surface area contributed by atoms with Crippen LogP contribution in [0.1, 0.15) is 0 Å². The van der Waals surface area contributed by atoms with E-state index >= 15 is 0 Å². The van der Waals surface area contributed by atoms with Crippen molar-refractivity contribution >= 4 is 19.0 Å². The molecule has 0 heterocycles. The molecule has 2 N–H and O–H groups in total. The number of nitrogens with zero attached hydrogens (tertiary/aromatic N) is 1. The van der Waals surface area contributed by atoms with Gasteiger partial charge in [-0.3, -0.25) is 0 Å². The van der Waals surface area contributed by atoms with Crippen LogP contribution in [0.4, 0.5) is 5.69 Å². The molecule has 0 spiro atoms. The van der Waals surface area contributed by atoms with Crippen molar-refractivity contribution in [1.29, 1.82) is 0 Å².